The molecular formula is C24H30N2O5. The number of amides is 2. The zero-order chi connectivity index (χ0) is 22.4. The summed E-state index contributed by atoms with van der Waals surface area (Å²) in [7, 11) is 4.79. The number of methoxy groups -OCH3 is 3. The van der Waals surface area contributed by atoms with Crippen LogP contribution in [0.3, 0.4) is 0 Å². The molecule has 2 aromatic carbocycles. The molecule has 0 spiro atoms. The maximum absolute atomic E-state index is 13.2. The van der Waals surface area contributed by atoms with Gasteiger partial charge in [-0.05, 0) is 48.9 Å². The third-order valence-corrected chi connectivity index (χ3v) is 5.67. The first kappa shape index (κ1) is 22.5. The second-order valence-electron chi connectivity index (χ2n) is 7.55. The molecule has 0 radical (unpaired) electrons. The lowest BCUT2D eigenvalue weighted by Gasteiger charge is -2.21. The van der Waals surface area contributed by atoms with Gasteiger partial charge in [-0.15, -0.1) is 0 Å². The number of nitrogens with zero attached hydrogens (tertiary/aromatic N) is 1. The smallest absolute Gasteiger partial charge is 0.253 e. The second-order valence-corrected chi connectivity index (χ2v) is 7.55. The molecule has 7 nitrogen and oxygen atoms in total. The molecule has 1 heterocycles. The van der Waals surface area contributed by atoms with E-state index >= 15 is 0 Å². The Morgan fingerprint density at radius 3 is 2.26 bits per heavy atom. The molecule has 1 aliphatic rings. The minimum Gasteiger partial charge on any atom is -0.497 e. The van der Waals surface area contributed by atoms with E-state index in [2.05, 4.69) is 5.32 Å². The van der Waals surface area contributed by atoms with Crippen molar-refractivity contribution in [2.75, 3.05) is 41.0 Å². The summed E-state index contributed by atoms with van der Waals surface area (Å²) in [6, 6.07) is 12.6. The van der Waals surface area contributed by atoms with E-state index in [0.717, 1.165) is 12.0 Å². The number of nitrogens with one attached hydrogen (secondary N) is 1. The van der Waals surface area contributed by atoms with Crippen LogP contribution in [-0.4, -0.2) is 57.7 Å². The lowest BCUT2D eigenvalue weighted by molar-refractivity contribution is -0.124. The van der Waals surface area contributed by atoms with Crippen LogP contribution in [0.25, 0.3) is 0 Å². The second kappa shape index (κ2) is 10.2. The Bertz CT molecular complexity index is 913. The minimum absolute atomic E-state index is 0.0539. The molecule has 2 atom stereocenters. The van der Waals surface area contributed by atoms with Crippen LogP contribution in [0, 0.1) is 5.92 Å². The van der Waals surface area contributed by atoms with Gasteiger partial charge in [0.1, 0.15) is 17.2 Å². The van der Waals surface area contributed by atoms with Gasteiger partial charge in [0.15, 0.2) is 0 Å². The van der Waals surface area contributed by atoms with E-state index in [9.17, 15) is 9.59 Å². The Kier molecular flexibility index (Phi) is 7.39. The lowest BCUT2D eigenvalue weighted by Crippen LogP contribution is -2.36. The van der Waals surface area contributed by atoms with Crippen molar-refractivity contribution in [1.29, 1.82) is 0 Å². The molecule has 2 aromatic rings. The van der Waals surface area contributed by atoms with Crippen LogP contribution in [0.4, 0.5) is 0 Å². The van der Waals surface area contributed by atoms with Gasteiger partial charge in [-0.2, -0.15) is 0 Å². The number of benzene rings is 2. The summed E-state index contributed by atoms with van der Waals surface area (Å²) in [6.45, 7) is 3.37. The summed E-state index contributed by atoms with van der Waals surface area (Å²) in [6.07, 6.45) is 0.847. The first-order valence-electron chi connectivity index (χ1n) is 10.4. The van der Waals surface area contributed by atoms with Crippen molar-refractivity contribution < 1.29 is 23.8 Å². The number of carbonyl (C=O) groups is 2. The SMILES string of the molecule is CCCNC(=O)[C@H]1CN(C(=O)c2ccc(OC)cc2)C[C@H]1c1cc(OC)ccc1OC. The maximum Gasteiger partial charge on any atom is 0.253 e. The fourth-order valence-electron chi connectivity index (χ4n) is 3.98. The van der Waals surface area contributed by atoms with Gasteiger partial charge in [-0.1, -0.05) is 6.92 Å². The standard InChI is InChI=1S/C24H30N2O5/c1-5-12-25-23(27)21-15-26(24(28)16-6-8-17(29-2)9-7-16)14-20(21)19-13-18(30-3)10-11-22(19)31-4/h6-11,13,20-21H,5,12,14-15H2,1-4H3,(H,25,27)/t20-,21-/m0/s1. The van der Waals surface area contributed by atoms with Crippen LogP contribution in [-0.2, 0) is 4.79 Å². The number of hydrogen-bond donors (Lipinski definition) is 1. The topological polar surface area (TPSA) is 77.1 Å². The fraction of sp³-hybridized carbons (Fsp3) is 0.417. The van der Waals surface area contributed by atoms with Crippen LogP contribution in [0.1, 0.15) is 35.2 Å². The Hall–Kier alpha value is -3.22. The predicted molar refractivity (Wildman–Crippen MR) is 118 cm³/mol. The maximum atomic E-state index is 13.2. The van der Waals surface area contributed by atoms with Crippen molar-refractivity contribution in [1.82, 2.24) is 10.2 Å². The van der Waals surface area contributed by atoms with Gasteiger partial charge in [-0.3, -0.25) is 9.59 Å². The van der Waals surface area contributed by atoms with Gasteiger partial charge in [0, 0.05) is 36.7 Å². The van der Waals surface area contributed by atoms with Gasteiger partial charge in [0.2, 0.25) is 5.91 Å². The molecule has 3 rings (SSSR count). The van der Waals surface area contributed by atoms with E-state index < -0.39 is 0 Å². The molecule has 0 saturated carbocycles. The minimum atomic E-state index is -0.380. The lowest BCUT2D eigenvalue weighted by atomic mass is 9.87. The van der Waals surface area contributed by atoms with Crippen molar-refractivity contribution in [3.05, 3.63) is 53.6 Å². The van der Waals surface area contributed by atoms with Crippen molar-refractivity contribution in [2.45, 2.75) is 19.3 Å². The Morgan fingerprint density at radius 2 is 1.65 bits per heavy atom. The third kappa shape index (κ3) is 4.93. The van der Waals surface area contributed by atoms with E-state index in [4.69, 9.17) is 14.2 Å². The van der Waals surface area contributed by atoms with Crippen LogP contribution in [0.15, 0.2) is 42.5 Å². The summed E-state index contributed by atoms with van der Waals surface area (Å²) in [4.78, 5) is 27.9. The van der Waals surface area contributed by atoms with Crippen molar-refractivity contribution in [3.8, 4) is 17.2 Å². The quantitative estimate of drug-likeness (QED) is 0.702. The van der Waals surface area contributed by atoms with Crippen LogP contribution >= 0.6 is 0 Å². The summed E-state index contributed by atoms with van der Waals surface area (Å²) >= 11 is 0. The third-order valence-electron chi connectivity index (χ3n) is 5.67. The molecule has 1 N–H and O–H groups in total. The highest BCUT2D eigenvalue weighted by molar-refractivity contribution is 5.95. The average Bonchev–Trinajstić information content (AvgIpc) is 3.27. The zero-order valence-electron chi connectivity index (χ0n) is 18.5. The van der Waals surface area contributed by atoms with Crippen molar-refractivity contribution in [3.63, 3.8) is 0 Å². The number of carbonyl (C=O) groups excluding carboxylic acids is 2. The van der Waals surface area contributed by atoms with Crippen LogP contribution in [0.5, 0.6) is 17.2 Å². The molecule has 166 valence electrons. The Balaban J connectivity index is 1.92. The summed E-state index contributed by atoms with van der Waals surface area (Å²) < 4.78 is 16.1. The largest absolute Gasteiger partial charge is 0.497 e. The zero-order valence-corrected chi connectivity index (χ0v) is 18.5. The monoisotopic (exact) mass is 426 g/mol. The fourth-order valence-corrected chi connectivity index (χ4v) is 3.98. The van der Waals surface area contributed by atoms with Gasteiger partial charge >= 0.3 is 0 Å². The molecular weight excluding hydrogens is 396 g/mol. The van der Waals surface area contributed by atoms with E-state index in [0.29, 0.717) is 42.4 Å². The molecule has 31 heavy (non-hydrogen) atoms. The van der Waals surface area contributed by atoms with Gasteiger partial charge in [-0.25, -0.2) is 0 Å². The highest BCUT2D eigenvalue weighted by atomic mass is 16.5. The Labute approximate surface area is 183 Å². The van der Waals surface area contributed by atoms with E-state index in [-0.39, 0.29) is 23.7 Å². The number of hydrogen-bond acceptors (Lipinski definition) is 5. The van der Waals surface area contributed by atoms with E-state index in [1.54, 1.807) is 50.5 Å². The van der Waals surface area contributed by atoms with Crippen molar-refractivity contribution >= 4 is 11.8 Å². The Morgan fingerprint density at radius 1 is 0.968 bits per heavy atom. The number of rotatable bonds is 8. The van der Waals surface area contributed by atoms with Gasteiger partial charge in [0.25, 0.3) is 5.91 Å². The normalized spacial score (nSPS) is 17.9. The predicted octanol–water partition coefficient (Wildman–Crippen LogP) is 3.09. The highest BCUT2D eigenvalue weighted by Gasteiger charge is 2.41. The molecule has 0 aromatic heterocycles. The number of ether oxygens (including phenoxy) is 3. The van der Waals surface area contributed by atoms with E-state index in [1.165, 1.54) is 0 Å². The molecule has 2 amide bonds. The van der Waals surface area contributed by atoms with E-state index in [1.807, 2.05) is 25.1 Å². The number of likely N-dealkylation sites (tertiary alicyclic amines) is 1. The first-order chi connectivity index (χ1) is 15.0. The summed E-state index contributed by atoms with van der Waals surface area (Å²) in [5.74, 6) is 1.30. The van der Waals surface area contributed by atoms with Crippen LogP contribution in [0.2, 0.25) is 0 Å². The molecule has 1 saturated heterocycles. The molecule has 0 aliphatic carbocycles. The highest BCUT2D eigenvalue weighted by Crippen LogP contribution is 2.40. The van der Waals surface area contributed by atoms with Gasteiger partial charge in [0.05, 0.1) is 27.2 Å². The molecule has 0 unspecified atom stereocenters. The summed E-state index contributed by atoms with van der Waals surface area (Å²) in [5, 5.41) is 2.99. The van der Waals surface area contributed by atoms with Gasteiger partial charge < -0.3 is 24.4 Å². The molecule has 1 fully saturated rings. The first-order valence-corrected chi connectivity index (χ1v) is 10.4. The van der Waals surface area contributed by atoms with Crippen LogP contribution < -0.4 is 19.5 Å². The van der Waals surface area contributed by atoms with Crippen molar-refractivity contribution in [2.24, 2.45) is 5.92 Å². The average molecular weight is 427 g/mol. The molecule has 0 bridgehead atoms. The molecule has 1 aliphatic heterocycles. The molecule has 7 heteroatoms. The summed E-state index contributed by atoms with van der Waals surface area (Å²) in [5.41, 5.74) is 1.43.